The highest BCUT2D eigenvalue weighted by Crippen LogP contribution is 2.39. The van der Waals surface area contributed by atoms with Crippen molar-refractivity contribution in [2.24, 2.45) is 0 Å². The molecular formula is C20H13ClF3N5O2. The largest absolute Gasteiger partial charge is 0.490 e. The Balaban J connectivity index is 1.61. The van der Waals surface area contributed by atoms with E-state index in [2.05, 4.69) is 9.97 Å². The summed E-state index contributed by atoms with van der Waals surface area (Å²) in [4.78, 5) is 23.1. The summed E-state index contributed by atoms with van der Waals surface area (Å²) >= 11 is 6.37. The van der Waals surface area contributed by atoms with Crippen LogP contribution in [0.2, 0.25) is 5.02 Å². The number of amides is 1. The first kappa shape index (κ1) is 19.4. The molecule has 31 heavy (non-hydrogen) atoms. The van der Waals surface area contributed by atoms with E-state index >= 15 is 0 Å². The van der Waals surface area contributed by atoms with E-state index in [9.17, 15) is 18.0 Å². The first-order valence-electron chi connectivity index (χ1n) is 9.11. The summed E-state index contributed by atoms with van der Waals surface area (Å²) in [5.41, 5.74) is 7.11. The van der Waals surface area contributed by atoms with E-state index in [4.69, 9.17) is 22.1 Å². The van der Waals surface area contributed by atoms with Crippen molar-refractivity contribution >= 4 is 45.6 Å². The van der Waals surface area contributed by atoms with Gasteiger partial charge in [-0.15, -0.1) is 0 Å². The Labute approximate surface area is 177 Å². The molecular weight excluding hydrogens is 435 g/mol. The van der Waals surface area contributed by atoms with Crippen molar-refractivity contribution in [3.63, 3.8) is 0 Å². The van der Waals surface area contributed by atoms with E-state index in [1.54, 1.807) is 23.0 Å². The van der Waals surface area contributed by atoms with Crippen molar-refractivity contribution in [1.82, 2.24) is 14.4 Å². The van der Waals surface area contributed by atoms with Crippen LogP contribution in [0.1, 0.15) is 15.9 Å². The second-order valence-corrected chi connectivity index (χ2v) is 7.36. The molecule has 0 radical (unpaired) electrons. The quantitative estimate of drug-likeness (QED) is 0.473. The van der Waals surface area contributed by atoms with Gasteiger partial charge in [-0.2, -0.15) is 13.2 Å². The molecule has 5 rings (SSSR count). The first-order chi connectivity index (χ1) is 14.7. The minimum Gasteiger partial charge on any atom is -0.490 e. The van der Waals surface area contributed by atoms with Crippen LogP contribution >= 0.6 is 11.6 Å². The number of hydrogen-bond donors (Lipinski definition) is 1. The molecule has 11 heteroatoms. The zero-order chi connectivity index (χ0) is 21.9. The number of imidazole rings is 1. The molecule has 0 aliphatic carbocycles. The molecule has 0 saturated carbocycles. The molecule has 2 N–H and O–H groups in total. The number of aromatic nitrogens is 3. The average Bonchev–Trinajstić information content (AvgIpc) is 3.22. The minimum atomic E-state index is -4.52. The predicted molar refractivity (Wildman–Crippen MR) is 109 cm³/mol. The van der Waals surface area contributed by atoms with Crippen molar-refractivity contribution in [3.8, 4) is 5.75 Å². The number of carbonyl (C=O) groups excluding carboxylic acids is 1. The monoisotopic (exact) mass is 447 g/mol. The molecule has 1 aliphatic heterocycles. The fourth-order valence-corrected chi connectivity index (χ4v) is 3.85. The number of halogens is 4. The van der Waals surface area contributed by atoms with Gasteiger partial charge in [-0.05, 0) is 30.3 Å². The number of fused-ring (bicyclic) bond motifs is 4. The van der Waals surface area contributed by atoms with Crippen LogP contribution in [-0.2, 0) is 6.18 Å². The molecule has 4 aromatic rings. The van der Waals surface area contributed by atoms with Gasteiger partial charge in [0.25, 0.3) is 5.91 Å². The zero-order valence-electron chi connectivity index (χ0n) is 15.7. The number of rotatable bonds is 1. The number of alkyl halides is 3. The Morgan fingerprint density at radius 3 is 2.77 bits per heavy atom. The summed E-state index contributed by atoms with van der Waals surface area (Å²) in [6.07, 6.45) is -1.42. The van der Waals surface area contributed by atoms with Crippen LogP contribution in [0.15, 0.2) is 42.9 Å². The van der Waals surface area contributed by atoms with Gasteiger partial charge in [-0.1, -0.05) is 11.6 Å². The number of nitrogen functional groups attached to an aromatic ring is 1. The lowest BCUT2D eigenvalue weighted by atomic mass is 10.1. The number of benzene rings is 2. The Bertz CT molecular complexity index is 1370. The Morgan fingerprint density at radius 1 is 1.19 bits per heavy atom. The second-order valence-electron chi connectivity index (χ2n) is 6.95. The SMILES string of the molecule is Nc1nc2cc(Cl)c(C(=O)N3CCOc4cc(C(F)(F)F)ccc43)cc2n2cncc12. The van der Waals surface area contributed by atoms with Gasteiger partial charge in [0.15, 0.2) is 0 Å². The summed E-state index contributed by atoms with van der Waals surface area (Å²) in [5, 5.41) is 0.142. The lowest BCUT2D eigenvalue weighted by Gasteiger charge is -2.30. The standard InChI is InChI=1S/C20H13ClF3N5O2/c21-12-7-13-15(29-9-26-8-16(29)18(25)27-13)6-11(12)19(30)28-3-4-31-17-5-10(20(22,23)24)1-2-14(17)28/h1-2,5-9H,3-4H2,(H2,25,27). The van der Waals surface area contributed by atoms with Gasteiger partial charge in [0, 0.05) is 0 Å². The van der Waals surface area contributed by atoms with Gasteiger partial charge in [0.1, 0.15) is 23.7 Å². The van der Waals surface area contributed by atoms with E-state index in [1.165, 1.54) is 17.0 Å². The molecule has 0 atom stereocenters. The lowest BCUT2D eigenvalue weighted by Crippen LogP contribution is -2.38. The third-order valence-corrected chi connectivity index (χ3v) is 5.40. The number of anilines is 2. The smallest absolute Gasteiger partial charge is 0.416 e. The maximum absolute atomic E-state index is 13.3. The Morgan fingerprint density at radius 2 is 2.00 bits per heavy atom. The van der Waals surface area contributed by atoms with Crippen molar-refractivity contribution in [3.05, 3.63) is 59.0 Å². The van der Waals surface area contributed by atoms with Crippen LogP contribution in [0.3, 0.4) is 0 Å². The lowest BCUT2D eigenvalue weighted by molar-refractivity contribution is -0.137. The predicted octanol–water partition coefficient (Wildman–Crippen LogP) is 4.18. The summed E-state index contributed by atoms with van der Waals surface area (Å²) < 4.78 is 46.2. The molecule has 0 bridgehead atoms. The fraction of sp³-hybridized carbons (Fsp3) is 0.150. The summed E-state index contributed by atoms with van der Waals surface area (Å²) in [7, 11) is 0. The van der Waals surface area contributed by atoms with Crippen molar-refractivity contribution in [2.75, 3.05) is 23.8 Å². The number of hydrogen-bond acceptors (Lipinski definition) is 5. The molecule has 2 aromatic heterocycles. The van der Waals surface area contributed by atoms with Gasteiger partial charge < -0.3 is 15.4 Å². The van der Waals surface area contributed by atoms with E-state index in [0.717, 1.165) is 12.1 Å². The molecule has 0 spiro atoms. The van der Waals surface area contributed by atoms with Crippen LogP contribution in [0.5, 0.6) is 5.75 Å². The normalized spacial score (nSPS) is 14.0. The molecule has 0 saturated heterocycles. The topological polar surface area (TPSA) is 85.8 Å². The van der Waals surface area contributed by atoms with Gasteiger partial charge in [0.2, 0.25) is 0 Å². The fourth-order valence-electron chi connectivity index (χ4n) is 3.61. The van der Waals surface area contributed by atoms with Gasteiger partial charge in [-0.3, -0.25) is 9.20 Å². The molecule has 3 heterocycles. The maximum atomic E-state index is 13.3. The molecule has 0 fully saturated rings. The summed E-state index contributed by atoms with van der Waals surface area (Å²) in [6, 6.07) is 6.12. The molecule has 0 unspecified atom stereocenters. The molecule has 1 amide bonds. The third kappa shape index (κ3) is 3.10. The summed E-state index contributed by atoms with van der Waals surface area (Å²) in [5.74, 6) is -0.221. The highest BCUT2D eigenvalue weighted by molar-refractivity contribution is 6.35. The maximum Gasteiger partial charge on any atom is 0.416 e. The van der Waals surface area contributed by atoms with Crippen LogP contribution in [-0.4, -0.2) is 33.4 Å². The van der Waals surface area contributed by atoms with Crippen LogP contribution < -0.4 is 15.4 Å². The van der Waals surface area contributed by atoms with Gasteiger partial charge in [0.05, 0.1) is 51.9 Å². The highest BCUT2D eigenvalue weighted by atomic mass is 35.5. The molecule has 158 valence electrons. The average molecular weight is 448 g/mol. The van der Waals surface area contributed by atoms with E-state index in [-0.39, 0.29) is 41.0 Å². The third-order valence-electron chi connectivity index (χ3n) is 5.09. The van der Waals surface area contributed by atoms with Gasteiger partial charge >= 0.3 is 6.18 Å². The van der Waals surface area contributed by atoms with Crippen molar-refractivity contribution in [1.29, 1.82) is 0 Å². The molecule has 1 aliphatic rings. The Kier molecular flexibility index (Phi) is 4.23. The van der Waals surface area contributed by atoms with Gasteiger partial charge in [-0.25, -0.2) is 9.97 Å². The molecule has 2 aromatic carbocycles. The van der Waals surface area contributed by atoms with Crippen LogP contribution in [0, 0.1) is 0 Å². The number of nitrogens with two attached hydrogens (primary N) is 1. The van der Waals surface area contributed by atoms with E-state index in [0.29, 0.717) is 16.6 Å². The van der Waals surface area contributed by atoms with Crippen LogP contribution in [0.4, 0.5) is 24.7 Å². The van der Waals surface area contributed by atoms with E-state index < -0.39 is 17.6 Å². The van der Waals surface area contributed by atoms with Crippen molar-refractivity contribution in [2.45, 2.75) is 6.18 Å². The minimum absolute atomic E-state index is 0.0159. The number of nitrogens with zero attached hydrogens (tertiary/aromatic N) is 4. The zero-order valence-corrected chi connectivity index (χ0v) is 16.4. The van der Waals surface area contributed by atoms with Crippen LogP contribution in [0.25, 0.3) is 16.6 Å². The summed E-state index contributed by atoms with van der Waals surface area (Å²) in [6.45, 7) is 0.209. The second kappa shape index (κ2) is 6.74. The van der Waals surface area contributed by atoms with E-state index in [1.807, 2.05) is 0 Å². The Hall–Kier alpha value is -3.53. The first-order valence-corrected chi connectivity index (χ1v) is 9.48. The van der Waals surface area contributed by atoms with Crippen molar-refractivity contribution < 1.29 is 22.7 Å². The number of carbonyl (C=O) groups is 1. The number of ether oxygens (including phenoxy) is 1. The molecule has 7 nitrogen and oxygen atoms in total. The highest BCUT2D eigenvalue weighted by Gasteiger charge is 2.34.